The molecule has 0 spiro atoms. The zero-order valence-electron chi connectivity index (χ0n) is 41.7. The lowest BCUT2D eigenvalue weighted by Gasteiger charge is -2.30. The molecule has 1 amide bonds. The molecular formula is C48H61N7O14S5. The second kappa shape index (κ2) is 24.2. The van der Waals surface area contributed by atoms with Crippen molar-refractivity contribution >= 4 is 90.7 Å². The van der Waals surface area contributed by atoms with E-state index in [1.165, 1.54) is 6.07 Å². The summed E-state index contributed by atoms with van der Waals surface area (Å²) >= 11 is -1.64. The van der Waals surface area contributed by atoms with E-state index < -0.39 is 84.0 Å². The van der Waals surface area contributed by atoms with Gasteiger partial charge in [-0.15, -0.1) is 4.31 Å². The monoisotopic (exact) mass is 1120 g/mol. The fourth-order valence-corrected chi connectivity index (χ4v) is 12.7. The Labute approximate surface area is 435 Å². The molecule has 1 unspecified atom stereocenters. The molecule has 0 fully saturated rings. The highest BCUT2D eigenvalue weighted by Gasteiger charge is 2.42. The van der Waals surface area contributed by atoms with Crippen molar-refractivity contribution in [3.63, 3.8) is 0 Å². The third-order valence-corrected chi connectivity index (χ3v) is 17.3. The van der Waals surface area contributed by atoms with Crippen LogP contribution in [-0.2, 0) is 67.5 Å². The summed E-state index contributed by atoms with van der Waals surface area (Å²) in [4.78, 5) is 20.6. The van der Waals surface area contributed by atoms with Gasteiger partial charge in [0, 0.05) is 89.8 Å². The van der Waals surface area contributed by atoms with E-state index in [-0.39, 0.29) is 55.6 Å². The third kappa shape index (κ3) is 15.0. The highest BCUT2D eigenvalue weighted by molar-refractivity contribution is 7.89. The Bertz CT molecular complexity index is 3430. The van der Waals surface area contributed by atoms with E-state index >= 15 is 0 Å². The largest absolute Gasteiger partial charge is 0.593 e. The van der Waals surface area contributed by atoms with Crippen LogP contribution in [0.5, 0.6) is 0 Å². The number of allylic oxidation sites excluding steroid dienone is 6. The Morgan fingerprint density at radius 3 is 2.18 bits per heavy atom. The number of nitrogens with one attached hydrogen (secondary N) is 1. The summed E-state index contributed by atoms with van der Waals surface area (Å²) in [6.45, 7) is 10.4. The van der Waals surface area contributed by atoms with Gasteiger partial charge in [-0.3, -0.25) is 28.0 Å². The molecule has 0 radical (unpaired) electrons. The lowest BCUT2D eigenvalue weighted by molar-refractivity contribution is -0.121. The van der Waals surface area contributed by atoms with Crippen LogP contribution in [0.2, 0.25) is 0 Å². The van der Waals surface area contributed by atoms with Crippen LogP contribution in [0.1, 0.15) is 76.5 Å². The van der Waals surface area contributed by atoms with Gasteiger partial charge in [0.25, 0.3) is 40.5 Å². The van der Waals surface area contributed by atoms with E-state index in [0.717, 1.165) is 22.6 Å². The number of anilines is 1. The number of hydrogen-bond donors (Lipinski definition) is 5. The van der Waals surface area contributed by atoms with Crippen molar-refractivity contribution in [3.8, 4) is 0 Å². The number of nitrogens with zero attached hydrogens (tertiary/aromatic N) is 6. The normalized spacial score (nSPS) is 15.7. The van der Waals surface area contributed by atoms with Gasteiger partial charge in [-0.25, -0.2) is 0 Å². The number of aliphatic imine (C=N–C) groups is 1. The zero-order valence-corrected chi connectivity index (χ0v) is 45.7. The number of aryl methyl sites for hydroxylation is 1. The lowest BCUT2D eigenvalue weighted by Crippen LogP contribution is -2.31. The molecule has 1 aliphatic rings. The van der Waals surface area contributed by atoms with Gasteiger partial charge in [0.05, 0.1) is 27.8 Å². The summed E-state index contributed by atoms with van der Waals surface area (Å²) in [7, 11) is -17.0. The van der Waals surface area contributed by atoms with Gasteiger partial charge in [0.15, 0.2) is 4.90 Å². The van der Waals surface area contributed by atoms with Gasteiger partial charge in [-0.05, 0) is 108 Å². The molecule has 26 heteroatoms. The summed E-state index contributed by atoms with van der Waals surface area (Å²) in [5, 5.41) is 7.75. The second-order valence-electron chi connectivity index (χ2n) is 18.6. The molecule has 1 aliphatic heterocycles. The highest BCUT2D eigenvalue weighted by Crippen LogP contribution is 2.52. The summed E-state index contributed by atoms with van der Waals surface area (Å²) in [6, 6.07) is 14.0. The molecular weight excluding hydrogens is 1060 g/mol. The maximum absolute atomic E-state index is 14.1. The van der Waals surface area contributed by atoms with E-state index in [4.69, 9.17) is 10.5 Å². The van der Waals surface area contributed by atoms with Crippen LogP contribution >= 0.6 is 0 Å². The molecule has 1 atom stereocenters. The van der Waals surface area contributed by atoms with E-state index in [1.807, 2.05) is 39.0 Å². The van der Waals surface area contributed by atoms with Gasteiger partial charge in [0.1, 0.15) is 4.90 Å². The molecule has 0 saturated carbocycles. The first-order valence-electron chi connectivity index (χ1n) is 23.2. The Kier molecular flexibility index (Phi) is 19.5. The standard InChI is InChI=1S/C48H61N7O14S5/c1-33-20-21-35-37(15-10-16-40(35)70(57)54(6)27-11-19-44(56)51-24-12-26-52-53-49)45(33)47(2,3)42(50-25-13-29-71(58,59)60)17-8-7-9-18-43-48(4,5)46-38-31-34(73(64,65)66)32-41(74(67,68)69)36(38)22-23-39(46)55(43)28-14-30-72(61,62)63/h7-10,15-18,20-23,31-32H,11-14,19,24-30H2,1-6H3,(H,51,56)(H,58,59,60)(H,61,62,63)(H,64,65,66)(H,67,68,69)/b9-7+,17-8+,43-18+,50-42+. The van der Waals surface area contributed by atoms with Crippen molar-refractivity contribution < 1.29 is 61.2 Å². The second-order valence-corrected chi connectivity index (χ2v) is 26.2. The summed E-state index contributed by atoms with van der Waals surface area (Å²) in [5.74, 6) is -1.30. The molecule has 0 bridgehead atoms. The number of benzene rings is 4. The fraction of sp³-hybridized carbons (Fsp3) is 0.417. The van der Waals surface area contributed by atoms with Gasteiger partial charge < -0.3 is 14.8 Å². The number of carbonyl (C=O) groups excluding carboxylic acids is 1. The Balaban J connectivity index is 1.53. The molecule has 4 aromatic carbocycles. The first-order chi connectivity index (χ1) is 34.4. The topological polar surface area (TPSA) is 337 Å². The lowest BCUT2D eigenvalue weighted by atomic mass is 9.75. The van der Waals surface area contributed by atoms with Crippen LogP contribution in [0.4, 0.5) is 5.69 Å². The maximum Gasteiger partial charge on any atom is 0.295 e. The first-order valence-corrected chi connectivity index (χ1v) is 30.4. The minimum Gasteiger partial charge on any atom is -0.593 e. The van der Waals surface area contributed by atoms with Gasteiger partial charge in [-0.2, -0.15) is 33.7 Å². The van der Waals surface area contributed by atoms with Gasteiger partial charge in [-0.1, -0.05) is 75.3 Å². The molecule has 0 aliphatic carbocycles. The van der Waals surface area contributed by atoms with E-state index in [9.17, 15) is 61.2 Å². The maximum atomic E-state index is 14.1. The minimum absolute atomic E-state index is 0.00640. The van der Waals surface area contributed by atoms with Crippen LogP contribution in [0.25, 0.3) is 32.0 Å². The van der Waals surface area contributed by atoms with Crippen LogP contribution < -0.4 is 10.2 Å². The van der Waals surface area contributed by atoms with E-state index in [2.05, 4.69) is 15.3 Å². The third-order valence-electron chi connectivity index (χ3n) is 12.5. The molecule has 0 aromatic heterocycles. The Hall–Kier alpha value is -5.22. The molecule has 402 valence electrons. The molecule has 5 rings (SSSR count). The van der Waals surface area contributed by atoms with Crippen molar-refractivity contribution in [1.29, 1.82) is 0 Å². The molecule has 0 saturated heterocycles. The predicted octanol–water partition coefficient (Wildman–Crippen LogP) is 7.41. The summed E-state index contributed by atoms with van der Waals surface area (Å²) < 4.78 is 152. The van der Waals surface area contributed by atoms with Gasteiger partial charge >= 0.3 is 0 Å². The number of rotatable bonds is 25. The SMILES string of the molecule is Cc1ccc2c([S+]([O-])N(C)CCCC(=O)NCCCN=[N+]=[N-])cccc2c1C(C)(C)C(/C=C/C=C/C=C1/N(CCCS(=O)(=O)O)c2ccc3c(S(=O)(=O)O)cc(S(=O)(=O)O)cc3c2C1(C)C)=N/CCCS(=O)(=O)O. The van der Waals surface area contributed by atoms with Crippen molar-refractivity contribution in [2.45, 2.75) is 92.2 Å². The van der Waals surface area contributed by atoms with Crippen molar-refractivity contribution in [3.05, 3.63) is 118 Å². The van der Waals surface area contributed by atoms with Gasteiger partial charge in [0.2, 0.25) is 5.91 Å². The number of hydrogen-bond acceptors (Lipinski definition) is 14. The average molecular weight is 1120 g/mol. The molecule has 74 heavy (non-hydrogen) atoms. The van der Waals surface area contributed by atoms with Crippen molar-refractivity contribution in [1.82, 2.24) is 9.62 Å². The predicted molar refractivity (Wildman–Crippen MR) is 286 cm³/mol. The molecule has 4 aromatic rings. The summed E-state index contributed by atoms with van der Waals surface area (Å²) in [5.41, 5.74) is 10.0. The molecule has 5 N–H and O–H groups in total. The van der Waals surface area contributed by atoms with Crippen molar-refractivity contribution in [2.24, 2.45) is 10.1 Å². The number of carbonyl (C=O) groups is 1. The van der Waals surface area contributed by atoms with E-state index in [0.29, 0.717) is 64.9 Å². The minimum atomic E-state index is -5.02. The van der Waals surface area contributed by atoms with E-state index in [1.54, 1.807) is 78.7 Å². The quantitative estimate of drug-likeness (QED) is 0.00630. The Morgan fingerprint density at radius 2 is 1.53 bits per heavy atom. The number of fused-ring (bicyclic) bond motifs is 4. The fourth-order valence-electron chi connectivity index (χ4n) is 9.18. The summed E-state index contributed by atoms with van der Waals surface area (Å²) in [6.07, 6.45) is 9.60. The van der Waals surface area contributed by atoms with Crippen molar-refractivity contribution in [2.75, 3.05) is 56.2 Å². The smallest absolute Gasteiger partial charge is 0.295 e. The first kappa shape index (κ1) is 59.7. The zero-order chi connectivity index (χ0) is 55.0. The van der Waals surface area contributed by atoms with Crippen LogP contribution in [0.15, 0.2) is 115 Å². The van der Waals surface area contributed by atoms with Crippen LogP contribution in [0.3, 0.4) is 0 Å². The molecule has 1 heterocycles. The van der Waals surface area contributed by atoms with Crippen LogP contribution in [0, 0.1) is 6.92 Å². The van der Waals surface area contributed by atoms with Crippen LogP contribution in [-0.4, -0.2) is 124 Å². The number of amides is 1. The average Bonchev–Trinajstić information content (AvgIpc) is 3.51. The highest BCUT2D eigenvalue weighted by atomic mass is 32.2. The molecule has 21 nitrogen and oxygen atoms in total. The number of azide groups is 1. The Morgan fingerprint density at radius 1 is 0.851 bits per heavy atom.